The van der Waals surface area contributed by atoms with Gasteiger partial charge in [-0.3, -0.25) is 0 Å². The summed E-state index contributed by atoms with van der Waals surface area (Å²) in [6.45, 7) is 1.35. The first-order chi connectivity index (χ1) is 26.1. The summed E-state index contributed by atoms with van der Waals surface area (Å²) in [6.07, 6.45) is -4.96. The van der Waals surface area contributed by atoms with Crippen LogP contribution in [0.15, 0.2) is 23.3 Å². The van der Waals surface area contributed by atoms with Crippen LogP contribution in [0.1, 0.15) is 26.3 Å². The molecule has 2 atom stereocenters. The molecule has 1 aliphatic carbocycles. The molecule has 56 heavy (non-hydrogen) atoms. The van der Waals surface area contributed by atoms with Gasteiger partial charge in [0.15, 0.2) is 69.6 Å². The van der Waals surface area contributed by atoms with Gasteiger partial charge in [-0.1, -0.05) is 0 Å². The third-order valence-corrected chi connectivity index (χ3v) is 10.8. The van der Waals surface area contributed by atoms with Gasteiger partial charge in [0.1, 0.15) is 0 Å². The summed E-state index contributed by atoms with van der Waals surface area (Å²) >= 11 is 0. The molecule has 0 N–H and O–H groups in total. The van der Waals surface area contributed by atoms with Crippen molar-refractivity contribution in [2.45, 2.75) is 32.3 Å². The van der Waals surface area contributed by atoms with Crippen molar-refractivity contribution in [3.05, 3.63) is 110 Å². The highest BCUT2D eigenvalue weighted by Gasteiger charge is 2.70. The van der Waals surface area contributed by atoms with E-state index in [9.17, 15) is 48.3 Å². The fraction of sp³-hybridized carbons (Fsp3) is 0.267. The Balaban J connectivity index is 2.31. The van der Waals surface area contributed by atoms with E-state index >= 15 is 35.1 Å². The summed E-state index contributed by atoms with van der Waals surface area (Å²) in [5.74, 6) is -64.4. The lowest BCUT2D eigenvalue weighted by atomic mass is 9.48. The number of alkyl halides is 1. The molecule has 4 rings (SSSR count). The molecule has 5 nitrogen and oxygen atoms in total. The quantitative estimate of drug-likeness (QED) is 0.0744. The first-order valence-electron chi connectivity index (χ1n) is 15.0. The van der Waals surface area contributed by atoms with Crippen LogP contribution in [-0.2, 0) is 18.6 Å². The first kappa shape index (κ1) is 44.3. The van der Waals surface area contributed by atoms with Crippen molar-refractivity contribution < 1.29 is 106 Å². The molecule has 1 aliphatic rings. The van der Waals surface area contributed by atoms with E-state index in [2.05, 4.69) is 9.31 Å². The molecule has 0 spiro atoms. The van der Waals surface area contributed by atoms with Crippen molar-refractivity contribution in [3.63, 3.8) is 0 Å². The van der Waals surface area contributed by atoms with Crippen molar-refractivity contribution in [2.75, 3.05) is 19.8 Å². The van der Waals surface area contributed by atoms with Crippen LogP contribution in [0.3, 0.4) is 0 Å². The Bertz CT molecular complexity index is 1980. The molecule has 0 saturated carbocycles. The molecular formula is C30H16BF19O5Si. The third-order valence-electron chi connectivity index (χ3n) is 7.73. The zero-order valence-corrected chi connectivity index (χ0v) is 28.5. The molecule has 0 fully saturated rings. The summed E-state index contributed by atoms with van der Waals surface area (Å²) < 4.78 is 310. The zero-order chi connectivity index (χ0) is 42.5. The molecule has 0 heterocycles. The molecular weight excluding hydrogens is 840 g/mol. The molecule has 0 aromatic heterocycles. The van der Waals surface area contributed by atoms with Crippen LogP contribution < -0.4 is 14.5 Å². The van der Waals surface area contributed by atoms with E-state index in [4.69, 9.17) is 13.3 Å². The van der Waals surface area contributed by atoms with Crippen molar-refractivity contribution in [1.82, 2.24) is 0 Å². The average molecular weight is 856 g/mol. The SMILES string of the molecule is CCO[Si](OCC)(OCC)c1c(F)c(F)c(C2(B(Oc3c(F)c(F)c(F)c(F)c3F)Oc3c(F)c(F)c(F)c(F)c3F)C(F)=C(F)C(F)=C(F)C2F)c(F)c1F. The van der Waals surface area contributed by atoms with Crippen molar-refractivity contribution in [1.29, 1.82) is 0 Å². The van der Waals surface area contributed by atoms with E-state index in [1.807, 2.05) is 0 Å². The molecule has 26 heteroatoms. The van der Waals surface area contributed by atoms with E-state index in [1.165, 1.54) is 0 Å². The number of allylic oxidation sites excluding steroid dienone is 4. The van der Waals surface area contributed by atoms with Crippen LogP contribution in [0.25, 0.3) is 0 Å². The second-order valence-electron chi connectivity index (χ2n) is 10.7. The number of halogens is 19. The Morgan fingerprint density at radius 1 is 0.464 bits per heavy atom. The molecule has 0 saturated heterocycles. The predicted octanol–water partition coefficient (Wildman–Crippen LogP) is 8.97. The van der Waals surface area contributed by atoms with Gasteiger partial charge in [0.25, 0.3) is 0 Å². The highest BCUT2D eigenvalue weighted by atomic mass is 28.4. The molecule has 0 radical (unpaired) electrons. The topological polar surface area (TPSA) is 46.2 Å². The van der Waals surface area contributed by atoms with Gasteiger partial charge >= 0.3 is 15.9 Å². The number of rotatable bonds is 13. The van der Waals surface area contributed by atoms with E-state index in [0.717, 1.165) is 20.8 Å². The third kappa shape index (κ3) is 6.56. The molecule has 3 aromatic rings. The maximum absolute atomic E-state index is 16.4. The van der Waals surface area contributed by atoms with E-state index in [1.54, 1.807) is 0 Å². The van der Waals surface area contributed by atoms with Gasteiger partial charge in [-0.25, -0.2) is 65.9 Å². The Morgan fingerprint density at radius 3 is 1.11 bits per heavy atom. The number of hydrogen-bond donors (Lipinski definition) is 0. The lowest BCUT2D eigenvalue weighted by Crippen LogP contribution is -2.63. The average Bonchev–Trinajstić information content (AvgIpc) is 3.16. The standard InChI is InChI=1S/C30H16BF19O5Si/c1-4-51-56(52-5-2,53-6-3)27-21(45)8(32)7(9(33)22(27)46)30(28(49)23(47)16(40)24(48)29(30)50)31(54-25-17(41)12(36)10(34)13(37)18(25)42)55-26-19(43)14(38)11(35)15(39)20(26)44/h28H,4-6H2,1-3H3. The Hall–Kier alpha value is -4.43. The summed E-state index contributed by atoms with van der Waals surface area (Å²) in [5.41, 5.74) is -3.25. The Labute approximate surface area is 301 Å². The molecule has 0 bridgehead atoms. The summed E-state index contributed by atoms with van der Waals surface area (Å²) in [5, 5.41) is -7.67. The van der Waals surface area contributed by atoms with Gasteiger partial charge in [-0.05, 0) is 20.8 Å². The maximum atomic E-state index is 16.4. The van der Waals surface area contributed by atoms with Crippen LogP contribution in [-0.4, -0.2) is 41.9 Å². The minimum Gasteiger partial charge on any atom is -0.521 e. The number of benzene rings is 3. The Kier molecular flexibility index (Phi) is 12.8. The van der Waals surface area contributed by atoms with Gasteiger partial charge in [0.05, 0.1) is 5.19 Å². The zero-order valence-electron chi connectivity index (χ0n) is 27.5. The van der Waals surface area contributed by atoms with Crippen molar-refractivity contribution >= 4 is 21.1 Å². The Morgan fingerprint density at radius 2 is 0.786 bits per heavy atom. The lowest BCUT2D eigenvalue weighted by Gasteiger charge is -2.40. The molecule has 2 unspecified atom stereocenters. The van der Waals surface area contributed by atoms with E-state index in [0.29, 0.717) is 0 Å². The summed E-state index contributed by atoms with van der Waals surface area (Å²) in [7, 11) is -10.2. The first-order valence-corrected chi connectivity index (χ1v) is 16.7. The van der Waals surface area contributed by atoms with Gasteiger partial charge in [-0.2, -0.15) is 17.6 Å². The van der Waals surface area contributed by atoms with Crippen LogP contribution in [0.4, 0.5) is 83.4 Å². The number of hydrogen-bond acceptors (Lipinski definition) is 5. The molecule has 306 valence electrons. The van der Waals surface area contributed by atoms with Crippen LogP contribution >= 0.6 is 0 Å². The fourth-order valence-electron chi connectivity index (χ4n) is 5.36. The van der Waals surface area contributed by atoms with Gasteiger partial charge < -0.3 is 22.6 Å². The molecule has 0 aliphatic heterocycles. The maximum Gasteiger partial charge on any atom is 0.617 e. The van der Waals surface area contributed by atoms with Gasteiger partial charge in [0, 0.05) is 25.4 Å². The highest BCUT2D eigenvalue weighted by Crippen LogP contribution is 2.54. The highest BCUT2D eigenvalue weighted by molar-refractivity contribution is 6.75. The fourth-order valence-corrected chi connectivity index (χ4v) is 7.94. The van der Waals surface area contributed by atoms with Crippen molar-refractivity contribution in [3.8, 4) is 11.5 Å². The van der Waals surface area contributed by atoms with Crippen molar-refractivity contribution in [2.24, 2.45) is 0 Å². The minimum absolute atomic E-state index is 0.655. The second kappa shape index (κ2) is 16.2. The predicted molar refractivity (Wildman–Crippen MR) is 151 cm³/mol. The largest absolute Gasteiger partial charge is 0.617 e. The lowest BCUT2D eigenvalue weighted by molar-refractivity contribution is 0.0839. The second-order valence-corrected chi connectivity index (χ2v) is 13.2. The molecule has 0 amide bonds. The van der Waals surface area contributed by atoms with Gasteiger partial charge in [0.2, 0.25) is 58.2 Å². The molecule has 3 aromatic carbocycles. The van der Waals surface area contributed by atoms with Gasteiger partial charge in [-0.15, -0.1) is 0 Å². The summed E-state index contributed by atoms with van der Waals surface area (Å²) in [6, 6.07) is 0. The van der Waals surface area contributed by atoms with Crippen LogP contribution in [0.2, 0.25) is 0 Å². The minimum atomic E-state index is -5.63. The van der Waals surface area contributed by atoms with Crippen LogP contribution in [0, 0.1) is 81.4 Å². The van der Waals surface area contributed by atoms with Crippen LogP contribution in [0.5, 0.6) is 11.5 Å². The van der Waals surface area contributed by atoms with E-state index in [-0.39, 0.29) is 0 Å². The summed E-state index contributed by atoms with van der Waals surface area (Å²) in [4.78, 5) is 0. The van der Waals surface area contributed by atoms with E-state index < -0.39 is 174 Å². The normalized spacial score (nSPS) is 17.6. The monoisotopic (exact) mass is 856 g/mol. The smallest absolute Gasteiger partial charge is 0.521 e.